The van der Waals surface area contributed by atoms with Gasteiger partial charge in [-0.1, -0.05) is 194 Å². The van der Waals surface area contributed by atoms with E-state index in [1.165, 1.54) is 27.1 Å². The number of para-hydroxylation sites is 2. The van der Waals surface area contributed by atoms with Crippen molar-refractivity contribution in [3.8, 4) is 56.5 Å². The predicted octanol–water partition coefficient (Wildman–Crippen LogP) is 13.9. The Labute approximate surface area is 337 Å². The van der Waals surface area contributed by atoms with E-state index in [9.17, 15) is 0 Å². The first-order valence-electron chi connectivity index (χ1n) is 19.7. The molecule has 58 heavy (non-hydrogen) atoms. The molecule has 0 unspecified atom stereocenters. The second kappa shape index (κ2) is 13.8. The van der Waals surface area contributed by atoms with E-state index in [4.69, 9.17) is 14.7 Å². The molecule has 11 rings (SSSR count). The van der Waals surface area contributed by atoms with Gasteiger partial charge in [-0.2, -0.15) is 0 Å². The molecule has 0 aliphatic carbocycles. The Morgan fingerprint density at radius 3 is 1.62 bits per heavy atom. The van der Waals surface area contributed by atoms with Gasteiger partial charge in [0.1, 0.15) is 11.5 Å². The molecule has 0 spiro atoms. The summed E-state index contributed by atoms with van der Waals surface area (Å²) in [5.41, 5.74) is 11.0. The lowest BCUT2D eigenvalue weighted by Gasteiger charge is -2.41. The van der Waals surface area contributed by atoms with Crippen LogP contribution in [0.2, 0.25) is 0 Å². The van der Waals surface area contributed by atoms with Crippen LogP contribution in [0.3, 0.4) is 0 Å². The minimum absolute atomic E-state index is 0.584. The third-order valence-corrected chi connectivity index (χ3v) is 11.6. The van der Waals surface area contributed by atoms with E-state index in [2.05, 4.69) is 200 Å². The van der Waals surface area contributed by atoms with E-state index >= 15 is 0 Å². The van der Waals surface area contributed by atoms with Gasteiger partial charge in [-0.3, -0.25) is 0 Å². The van der Waals surface area contributed by atoms with Crippen LogP contribution in [-0.2, 0) is 5.41 Å². The quantitative estimate of drug-likeness (QED) is 0.159. The van der Waals surface area contributed by atoms with E-state index in [0.29, 0.717) is 5.82 Å². The fourth-order valence-electron chi connectivity index (χ4n) is 8.95. The minimum atomic E-state index is -0.584. The molecule has 0 N–H and O–H groups in total. The average Bonchev–Trinajstić information content (AvgIpc) is 3.31. The second-order valence-corrected chi connectivity index (χ2v) is 14.9. The number of benzene rings is 9. The molecule has 10 aromatic rings. The molecule has 1 aromatic heterocycles. The number of fused-ring (bicyclic) bond motifs is 5. The number of ether oxygens (including phenoxy) is 1. The lowest BCUT2D eigenvalue weighted by molar-refractivity contribution is 0.434. The summed E-state index contributed by atoms with van der Waals surface area (Å²) in [6.45, 7) is 0. The van der Waals surface area contributed by atoms with E-state index in [1.807, 2.05) is 18.2 Å². The molecule has 3 nitrogen and oxygen atoms in total. The minimum Gasteiger partial charge on any atom is -0.457 e. The molecule has 2 heterocycles. The summed E-state index contributed by atoms with van der Waals surface area (Å²) in [4.78, 5) is 10.6. The van der Waals surface area contributed by atoms with Crippen LogP contribution in [0.4, 0.5) is 0 Å². The number of aromatic nitrogens is 2. The Bertz CT molecular complexity index is 3090. The van der Waals surface area contributed by atoms with Crippen LogP contribution in [0.15, 0.2) is 218 Å². The van der Waals surface area contributed by atoms with Crippen molar-refractivity contribution in [2.24, 2.45) is 0 Å². The highest BCUT2D eigenvalue weighted by atomic mass is 16.5. The average molecular weight is 741 g/mol. The fraction of sp³-hybridized carbons (Fsp3) is 0.0182. The molecule has 0 atom stereocenters. The molecule has 0 saturated carbocycles. The van der Waals surface area contributed by atoms with Gasteiger partial charge in [0, 0.05) is 27.8 Å². The van der Waals surface area contributed by atoms with Crippen LogP contribution in [0.25, 0.3) is 66.6 Å². The second-order valence-electron chi connectivity index (χ2n) is 14.9. The lowest BCUT2D eigenvalue weighted by atomic mass is 9.63. The van der Waals surface area contributed by atoms with Crippen LogP contribution in [0, 0.1) is 0 Å². The third-order valence-electron chi connectivity index (χ3n) is 11.6. The van der Waals surface area contributed by atoms with Gasteiger partial charge in [0.15, 0.2) is 5.82 Å². The zero-order valence-electron chi connectivity index (χ0n) is 31.6. The molecule has 0 saturated heterocycles. The lowest BCUT2D eigenvalue weighted by Crippen LogP contribution is -2.34. The smallest absolute Gasteiger partial charge is 0.161 e. The Hall–Kier alpha value is -7.62. The van der Waals surface area contributed by atoms with Crippen molar-refractivity contribution in [3.05, 3.63) is 241 Å². The topological polar surface area (TPSA) is 35.0 Å². The molecule has 1 aliphatic heterocycles. The van der Waals surface area contributed by atoms with Crippen LogP contribution >= 0.6 is 0 Å². The Balaban J connectivity index is 1.06. The van der Waals surface area contributed by atoms with Gasteiger partial charge in [-0.25, -0.2) is 9.97 Å². The molecule has 0 fully saturated rings. The zero-order valence-corrected chi connectivity index (χ0v) is 31.6. The molecular formula is C55H36N2O. The van der Waals surface area contributed by atoms with Crippen LogP contribution < -0.4 is 4.74 Å². The summed E-state index contributed by atoms with van der Waals surface area (Å²) in [5, 5.41) is 4.90. The van der Waals surface area contributed by atoms with Crippen molar-refractivity contribution in [3.63, 3.8) is 0 Å². The highest BCUT2D eigenvalue weighted by molar-refractivity contribution is 6.08. The van der Waals surface area contributed by atoms with Crippen molar-refractivity contribution in [1.29, 1.82) is 0 Å². The first-order chi connectivity index (χ1) is 28.7. The Kier molecular flexibility index (Phi) is 8.04. The maximum atomic E-state index is 6.54. The van der Waals surface area contributed by atoms with Crippen molar-refractivity contribution in [1.82, 2.24) is 9.97 Å². The van der Waals surface area contributed by atoms with E-state index in [0.717, 1.165) is 67.4 Å². The number of rotatable bonds is 6. The molecule has 3 heteroatoms. The molecular weight excluding hydrogens is 705 g/mol. The van der Waals surface area contributed by atoms with Crippen molar-refractivity contribution in [2.75, 3.05) is 0 Å². The van der Waals surface area contributed by atoms with Gasteiger partial charge < -0.3 is 4.74 Å². The van der Waals surface area contributed by atoms with Crippen LogP contribution in [0.5, 0.6) is 11.5 Å². The molecule has 9 aromatic carbocycles. The standard InChI is InChI=1S/C55H36N2O/c1-3-16-39(17-4-1)50-36-51(41-31-34-46-40(35-41)28-27-37-15-7-8-20-44(37)46)57-54(56-50)47-22-10-9-21-45(47)38-29-32-43(33-30-38)55(42-18-5-2-6-19-42)48-23-11-13-25-52(48)58-53-26-14-12-24-49(53)55/h1-36H. The largest absolute Gasteiger partial charge is 0.457 e. The van der Waals surface area contributed by atoms with Crippen LogP contribution in [0.1, 0.15) is 22.3 Å². The molecule has 0 amide bonds. The maximum Gasteiger partial charge on any atom is 0.161 e. The predicted molar refractivity (Wildman–Crippen MR) is 237 cm³/mol. The third kappa shape index (κ3) is 5.51. The van der Waals surface area contributed by atoms with Gasteiger partial charge in [0.2, 0.25) is 0 Å². The molecule has 0 radical (unpaired) electrons. The molecule has 1 aliphatic rings. The number of hydrogen-bond donors (Lipinski definition) is 0. The van der Waals surface area contributed by atoms with E-state index in [-0.39, 0.29) is 0 Å². The van der Waals surface area contributed by atoms with E-state index in [1.54, 1.807) is 0 Å². The van der Waals surface area contributed by atoms with Gasteiger partial charge in [0.25, 0.3) is 0 Å². The van der Waals surface area contributed by atoms with Gasteiger partial charge >= 0.3 is 0 Å². The zero-order chi connectivity index (χ0) is 38.5. The SMILES string of the molecule is c1ccc(-c2cc(-c3ccc4c(ccc5ccccc54)c3)nc(-c3ccccc3-c3ccc(C4(c5ccccc5)c5ccccc5Oc5ccccc54)cc3)n2)cc1. The van der Waals surface area contributed by atoms with Crippen molar-refractivity contribution in [2.45, 2.75) is 5.41 Å². The molecule has 0 bridgehead atoms. The summed E-state index contributed by atoms with van der Waals surface area (Å²) in [7, 11) is 0. The van der Waals surface area contributed by atoms with Gasteiger partial charge in [-0.15, -0.1) is 0 Å². The summed E-state index contributed by atoms with van der Waals surface area (Å²) < 4.78 is 6.54. The highest BCUT2D eigenvalue weighted by Crippen LogP contribution is 2.55. The normalized spacial score (nSPS) is 12.8. The monoisotopic (exact) mass is 740 g/mol. The Morgan fingerprint density at radius 2 is 0.879 bits per heavy atom. The maximum absolute atomic E-state index is 6.54. The number of nitrogens with zero attached hydrogens (tertiary/aromatic N) is 2. The summed E-state index contributed by atoms with van der Waals surface area (Å²) in [5.74, 6) is 2.42. The van der Waals surface area contributed by atoms with E-state index < -0.39 is 5.41 Å². The van der Waals surface area contributed by atoms with Crippen LogP contribution in [-0.4, -0.2) is 9.97 Å². The van der Waals surface area contributed by atoms with Gasteiger partial charge in [0.05, 0.1) is 16.8 Å². The first-order valence-corrected chi connectivity index (χ1v) is 19.7. The first kappa shape index (κ1) is 33.7. The molecule has 272 valence electrons. The summed E-state index contributed by atoms with van der Waals surface area (Å²) in [6, 6.07) is 77.3. The number of hydrogen-bond acceptors (Lipinski definition) is 3. The van der Waals surface area contributed by atoms with Crippen molar-refractivity contribution < 1.29 is 4.74 Å². The summed E-state index contributed by atoms with van der Waals surface area (Å²) in [6.07, 6.45) is 0. The van der Waals surface area contributed by atoms with Crippen molar-refractivity contribution >= 4 is 21.5 Å². The van der Waals surface area contributed by atoms with Gasteiger partial charge in [-0.05, 0) is 68.1 Å². The fourth-order valence-corrected chi connectivity index (χ4v) is 8.95. The Morgan fingerprint density at radius 1 is 0.345 bits per heavy atom. The highest BCUT2D eigenvalue weighted by Gasteiger charge is 2.45. The summed E-state index contributed by atoms with van der Waals surface area (Å²) >= 11 is 0.